The van der Waals surface area contributed by atoms with Crippen molar-refractivity contribution in [2.45, 2.75) is 0 Å². The first-order valence-electron chi connectivity index (χ1n) is 5.14. The van der Waals surface area contributed by atoms with Gasteiger partial charge in [-0.1, -0.05) is 0 Å². The van der Waals surface area contributed by atoms with Crippen molar-refractivity contribution in [3.05, 3.63) is 55.5 Å². The molecule has 2 rings (SSSR count). The average Bonchev–Trinajstić information content (AvgIpc) is 2.50. The minimum absolute atomic E-state index is 1.13. The Labute approximate surface area is 134 Å². The zero-order valence-corrected chi connectivity index (χ0v) is 13.0. The number of benzene rings is 2. The molecule has 2 aromatic rings. The molecule has 0 unspecified atom stereocenters. The van der Waals surface area contributed by atoms with Gasteiger partial charge in [0.25, 0.3) is 0 Å². The first kappa shape index (κ1) is 17.2. The molecule has 2 aromatic carbocycles. The molecule has 0 N–H and O–H groups in total. The van der Waals surface area contributed by atoms with Gasteiger partial charge in [0.2, 0.25) is 0 Å². The molecule has 0 heterocycles. The van der Waals surface area contributed by atoms with Gasteiger partial charge in [-0.05, 0) is 31.9 Å². The van der Waals surface area contributed by atoms with Gasteiger partial charge in [0, 0.05) is 11.1 Å². The van der Waals surface area contributed by atoms with E-state index in [1.807, 2.05) is 0 Å². The first-order valence-corrected chi connectivity index (χ1v) is 6.73. The summed E-state index contributed by atoms with van der Waals surface area (Å²) in [6.45, 7) is 0. The van der Waals surface area contributed by atoms with Crippen LogP contribution >= 0.6 is 31.9 Å². The van der Waals surface area contributed by atoms with E-state index in [0.717, 1.165) is 0 Å². The van der Waals surface area contributed by atoms with E-state index < -0.39 is 66.6 Å². The van der Waals surface area contributed by atoms with Crippen molar-refractivity contribution >= 4 is 31.9 Å². The van der Waals surface area contributed by atoms with Gasteiger partial charge in [-0.25, -0.2) is 35.1 Å². The number of rotatable bonds is 1. The second-order valence-electron chi connectivity index (χ2n) is 3.89. The molecule has 0 spiro atoms. The molecule has 0 amide bonds. The van der Waals surface area contributed by atoms with Crippen molar-refractivity contribution in [1.29, 1.82) is 0 Å². The molecule has 0 aliphatic heterocycles. The molecular weight excluding hydrogens is 456 g/mol. The summed E-state index contributed by atoms with van der Waals surface area (Å²) in [4.78, 5) is 0. The fourth-order valence-corrected chi connectivity index (χ4v) is 2.74. The van der Waals surface area contributed by atoms with Crippen LogP contribution in [0.1, 0.15) is 0 Å². The highest BCUT2D eigenvalue weighted by Crippen LogP contribution is 2.43. The summed E-state index contributed by atoms with van der Waals surface area (Å²) in [7, 11) is 0. The van der Waals surface area contributed by atoms with Crippen molar-refractivity contribution in [2.75, 3.05) is 0 Å². The highest BCUT2D eigenvalue weighted by molar-refractivity contribution is 9.11. The van der Waals surface area contributed by atoms with Gasteiger partial charge in [-0.3, -0.25) is 0 Å². The van der Waals surface area contributed by atoms with Crippen molar-refractivity contribution in [3.63, 3.8) is 0 Å². The molecule has 0 aliphatic carbocycles. The lowest BCUT2D eigenvalue weighted by Crippen LogP contribution is -2.06. The topological polar surface area (TPSA) is 0 Å². The molecule has 0 nitrogen and oxygen atoms in total. The summed E-state index contributed by atoms with van der Waals surface area (Å²) in [6, 6.07) is 0. The Morgan fingerprint density at radius 1 is 0.364 bits per heavy atom. The molecule has 0 aliphatic rings. The summed E-state index contributed by atoms with van der Waals surface area (Å²) >= 11 is 4.68. The van der Waals surface area contributed by atoms with Gasteiger partial charge in [0.05, 0.1) is 8.95 Å². The minimum Gasteiger partial charge on any atom is -0.203 e. The standard InChI is InChI=1S/C12Br2F8/c13-3-1(5(15)9(19)11(21)7(3)17)2-4(14)8(18)12(22)10(20)6(2)16. The van der Waals surface area contributed by atoms with Crippen LogP contribution in [-0.4, -0.2) is 0 Å². The van der Waals surface area contributed by atoms with Gasteiger partial charge in [0.15, 0.2) is 46.5 Å². The molecule has 0 saturated carbocycles. The van der Waals surface area contributed by atoms with Crippen LogP contribution in [0.2, 0.25) is 0 Å². The smallest absolute Gasteiger partial charge is 0.198 e. The number of halogens is 10. The Morgan fingerprint density at radius 2 is 0.591 bits per heavy atom. The lowest BCUT2D eigenvalue weighted by Gasteiger charge is -2.13. The van der Waals surface area contributed by atoms with E-state index in [1.54, 1.807) is 0 Å². The normalized spacial score (nSPS) is 11.2. The first-order chi connectivity index (χ1) is 10.1. The maximum atomic E-state index is 13.8. The third kappa shape index (κ3) is 2.32. The van der Waals surface area contributed by atoms with Crippen molar-refractivity contribution in [2.24, 2.45) is 0 Å². The predicted octanol–water partition coefficient (Wildman–Crippen LogP) is 5.99. The van der Waals surface area contributed by atoms with Gasteiger partial charge in [0.1, 0.15) is 0 Å². The van der Waals surface area contributed by atoms with Crippen molar-refractivity contribution in [1.82, 2.24) is 0 Å². The van der Waals surface area contributed by atoms with Gasteiger partial charge >= 0.3 is 0 Å². The van der Waals surface area contributed by atoms with Crippen LogP contribution in [0.4, 0.5) is 35.1 Å². The van der Waals surface area contributed by atoms with Crippen molar-refractivity contribution < 1.29 is 35.1 Å². The second-order valence-corrected chi connectivity index (χ2v) is 5.48. The van der Waals surface area contributed by atoms with E-state index in [9.17, 15) is 35.1 Å². The highest BCUT2D eigenvalue weighted by Gasteiger charge is 2.32. The van der Waals surface area contributed by atoms with Gasteiger partial charge < -0.3 is 0 Å². The molecule has 118 valence electrons. The molecule has 0 bridgehead atoms. The van der Waals surface area contributed by atoms with E-state index in [-0.39, 0.29) is 0 Å². The van der Waals surface area contributed by atoms with Crippen LogP contribution < -0.4 is 0 Å². The van der Waals surface area contributed by atoms with Gasteiger partial charge in [-0.2, -0.15) is 0 Å². The van der Waals surface area contributed by atoms with Gasteiger partial charge in [-0.15, -0.1) is 0 Å². The zero-order valence-electron chi connectivity index (χ0n) is 9.78. The summed E-state index contributed by atoms with van der Waals surface area (Å²) in [5, 5.41) is 0. The summed E-state index contributed by atoms with van der Waals surface area (Å²) in [6.07, 6.45) is 0. The Hall–Kier alpha value is -1.16. The number of hydrogen-bond acceptors (Lipinski definition) is 0. The third-order valence-electron chi connectivity index (χ3n) is 2.67. The van der Waals surface area contributed by atoms with E-state index in [4.69, 9.17) is 0 Å². The Bertz CT molecular complexity index is 677. The summed E-state index contributed by atoms with van der Waals surface area (Å²) in [5.41, 5.74) is -2.70. The molecule has 0 radical (unpaired) electrons. The van der Waals surface area contributed by atoms with E-state index >= 15 is 0 Å². The molecule has 0 saturated heterocycles. The fraction of sp³-hybridized carbons (Fsp3) is 0. The van der Waals surface area contributed by atoms with Crippen LogP contribution in [0.15, 0.2) is 8.95 Å². The quantitative estimate of drug-likeness (QED) is 0.281. The molecule has 22 heavy (non-hydrogen) atoms. The zero-order chi connectivity index (χ0) is 16.9. The molecular formula is C12Br2F8. The van der Waals surface area contributed by atoms with Crippen LogP contribution in [-0.2, 0) is 0 Å². The minimum atomic E-state index is -2.33. The van der Waals surface area contributed by atoms with Crippen LogP contribution in [0.5, 0.6) is 0 Å². The lowest BCUT2D eigenvalue weighted by molar-refractivity contribution is 0.401. The Balaban J connectivity index is 3.03. The second kappa shape index (κ2) is 5.80. The molecule has 0 atom stereocenters. The third-order valence-corrected chi connectivity index (χ3v) is 4.16. The van der Waals surface area contributed by atoms with E-state index in [2.05, 4.69) is 31.9 Å². The van der Waals surface area contributed by atoms with Crippen LogP contribution in [0.3, 0.4) is 0 Å². The maximum Gasteiger partial charge on any atom is 0.198 e. The van der Waals surface area contributed by atoms with Crippen LogP contribution in [0.25, 0.3) is 11.1 Å². The monoisotopic (exact) mass is 454 g/mol. The predicted molar refractivity (Wildman–Crippen MR) is 66.9 cm³/mol. The van der Waals surface area contributed by atoms with Crippen molar-refractivity contribution in [3.8, 4) is 11.1 Å². The molecule has 0 fully saturated rings. The molecule has 10 heteroatoms. The summed E-state index contributed by atoms with van der Waals surface area (Å²) in [5.74, 6) is -17.2. The SMILES string of the molecule is Fc1c(F)c(F)c(-c2c(F)c(F)c(F)c(F)c2Br)c(Br)c1F. The number of hydrogen-bond donors (Lipinski definition) is 0. The largest absolute Gasteiger partial charge is 0.203 e. The molecule has 0 aromatic heterocycles. The highest BCUT2D eigenvalue weighted by atomic mass is 79.9. The fourth-order valence-electron chi connectivity index (χ4n) is 1.65. The Morgan fingerprint density at radius 3 is 0.864 bits per heavy atom. The maximum absolute atomic E-state index is 13.8. The van der Waals surface area contributed by atoms with Crippen LogP contribution in [0, 0.1) is 46.5 Å². The summed E-state index contributed by atoms with van der Waals surface area (Å²) < 4.78 is 105. The Kier molecular flexibility index (Phi) is 4.54. The van der Waals surface area contributed by atoms with E-state index in [1.165, 1.54) is 0 Å². The van der Waals surface area contributed by atoms with E-state index in [0.29, 0.717) is 0 Å². The lowest BCUT2D eigenvalue weighted by atomic mass is 10.0. The average molecular weight is 456 g/mol.